The van der Waals surface area contributed by atoms with Gasteiger partial charge in [0.1, 0.15) is 11.6 Å². The van der Waals surface area contributed by atoms with Crippen LogP contribution in [0.1, 0.15) is 63.4 Å². The highest BCUT2D eigenvalue weighted by atomic mass is 19.1. The van der Waals surface area contributed by atoms with Gasteiger partial charge in [-0.05, 0) is 82.9 Å². The number of aromatic nitrogens is 1. The van der Waals surface area contributed by atoms with Gasteiger partial charge in [-0.25, -0.2) is 4.39 Å². The van der Waals surface area contributed by atoms with E-state index in [1.165, 1.54) is 12.1 Å². The maximum atomic E-state index is 13.8. The Morgan fingerprint density at radius 1 is 1.25 bits per heavy atom. The third-order valence-corrected chi connectivity index (χ3v) is 5.48. The SMILES string of the molecule is C=C(C)/C(=C(/c1ccc(F)cc1)c1c(C)c(C)n(CC)c1N)[C@H](CC(=O)O)OC(C)(C)C. The smallest absolute Gasteiger partial charge is 0.306 e. The van der Waals surface area contributed by atoms with Crippen molar-refractivity contribution in [1.82, 2.24) is 4.57 Å². The van der Waals surface area contributed by atoms with Crippen molar-refractivity contribution >= 4 is 17.4 Å². The molecule has 0 radical (unpaired) electrons. The molecule has 1 heterocycles. The average molecular weight is 443 g/mol. The largest absolute Gasteiger partial charge is 0.481 e. The first-order chi connectivity index (χ1) is 14.8. The van der Waals surface area contributed by atoms with Crippen LogP contribution < -0.4 is 5.73 Å². The zero-order chi connectivity index (χ0) is 24.4. The summed E-state index contributed by atoms with van der Waals surface area (Å²) in [5.41, 5.74) is 11.6. The molecule has 32 heavy (non-hydrogen) atoms. The lowest BCUT2D eigenvalue weighted by molar-refractivity contribution is -0.141. The van der Waals surface area contributed by atoms with E-state index in [0.717, 1.165) is 28.0 Å². The van der Waals surface area contributed by atoms with Crippen LogP contribution in [0, 0.1) is 19.7 Å². The second-order valence-corrected chi connectivity index (χ2v) is 9.11. The van der Waals surface area contributed by atoms with Crippen LogP contribution in [0.15, 0.2) is 42.0 Å². The number of aliphatic carboxylic acids is 1. The second-order valence-electron chi connectivity index (χ2n) is 9.11. The van der Waals surface area contributed by atoms with Crippen LogP contribution >= 0.6 is 0 Å². The molecule has 2 rings (SSSR count). The van der Waals surface area contributed by atoms with Crippen molar-refractivity contribution in [2.45, 2.75) is 73.1 Å². The highest BCUT2D eigenvalue weighted by Crippen LogP contribution is 2.41. The summed E-state index contributed by atoms with van der Waals surface area (Å²) in [5.74, 6) is -0.765. The van der Waals surface area contributed by atoms with Crippen LogP contribution in [-0.4, -0.2) is 27.3 Å². The van der Waals surface area contributed by atoms with Gasteiger partial charge in [-0.15, -0.1) is 0 Å². The number of carbonyl (C=O) groups is 1. The summed E-state index contributed by atoms with van der Waals surface area (Å²) in [6, 6.07) is 6.13. The molecule has 2 aromatic rings. The summed E-state index contributed by atoms with van der Waals surface area (Å²) in [6.07, 6.45) is -1.01. The molecule has 0 aliphatic carbocycles. The number of carboxylic acids is 1. The van der Waals surface area contributed by atoms with E-state index < -0.39 is 17.7 Å². The normalized spacial score (nSPS) is 13.6. The van der Waals surface area contributed by atoms with Crippen LogP contribution in [0.4, 0.5) is 10.2 Å². The topological polar surface area (TPSA) is 77.5 Å². The first-order valence-corrected chi connectivity index (χ1v) is 10.8. The Labute approximate surface area is 190 Å². The van der Waals surface area contributed by atoms with Gasteiger partial charge in [0.2, 0.25) is 0 Å². The summed E-state index contributed by atoms with van der Waals surface area (Å²) >= 11 is 0. The van der Waals surface area contributed by atoms with Crippen molar-refractivity contribution in [2.24, 2.45) is 0 Å². The minimum Gasteiger partial charge on any atom is -0.481 e. The van der Waals surface area contributed by atoms with E-state index >= 15 is 0 Å². The van der Waals surface area contributed by atoms with Crippen molar-refractivity contribution in [2.75, 3.05) is 5.73 Å². The molecule has 0 bridgehead atoms. The van der Waals surface area contributed by atoms with Crippen molar-refractivity contribution in [3.8, 4) is 0 Å². The number of hydrogen-bond acceptors (Lipinski definition) is 3. The molecule has 0 saturated heterocycles. The predicted octanol–water partition coefficient (Wildman–Crippen LogP) is 5.88. The number of nitrogens with zero attached hydrogens (tertiary/aromatic N) is 1. The highest BCUT2D eigenvalue weighted by Gasteiger charge is 2.31. The molecule has 1 aromatic heterocycles. The highest BCUT2D eigenvalue weighted by molar-refractivity contribution is 5.91. The summed E-state index contributed by atoms with van der Waals surface area (Å²) in [4.78, 5) is 11.8. The number of ether oxygens (including phenoxy) is 1. The lowest BCUT2D eigenvalue weighted by Crippen LogP contribution is -2.31. The second kappa shape index (κ2) is 9.74. The fraction of sp³-hybridized carbons (Fsp3) is 0.423. The molecule has 6 heteroatoms. The number of halogens is 1. The Bertz CT molecular complexity index is 1040. The Morgan fingerprint density at radius 2 is 1.81 bits per heavy atom. The predicted molar refractivity (Wildman–Crippen MR) is 128 cm³/mol. The van der Waals surface area contributed by atoms with Gasteiger partial charge in [0.05, 0.1) is 18.1 Å². The zero-order valence-corrected chi connectivity index (χ0v) is 20.2. The molecular weight excluding hydrogens is 407 g/mol. The van der Waals surface area contributed by atoms with E-state index in [-0.39, 0.29) is 12.2 Å². The van der Waals surface area contributed by atoms with Gasteiger partial charge >= 0.3 is 5.97 Å². The average Bonchev–Trinajstić information content (AvgIpc) is 2.86. The maximum absolute atomic E-state index is 13.8. The van der Waals surface area contributed by atoms with E-state index in [4.69, 9.17) is 10.5 Å². The van der Waals surface area contributed by atoms with Gasteiger partial charge in [-0.2, -0.15) is 0 Å². The number of nitrogens with two attached hydrogens (primary N) is 1. The molecule has 0 aliphatic heterocycles. The Hall–Kier alpha value is -2.86. The van der Waals surface area contributed by atoms with Crippen LogP contribution in [0.2, 0.25) is 0 Å². The standard InChI is InChI=1S/C26H35FN2O3/c1-9-29-17(5)16(4)23(25(29)28)24(18-10-12-19(27)13-11-18)22(15(2)3)20(14-21(30)31)32-26(6,7)8/h10-13,20H,2,9,14,28H2,1,3-8H3,(H,30,31)/b24-22+/t20-/m0/s1. The summed E-state index contributed by atoms with van der Waals surface area (Å²) in [6.45, 7) is 18.3. The lowest BCUT2D eigenvalue weighted by atomic mass is 9.85. The van der Waals surface area contributed by atoms with Gasteiger partial charge in [0, 0.05) is 17.8 Å². The van der Waals surface area contributed by atoms with Gasteiger partial charge in [0.15, 0.2) is 0 Å². The molecule has 0 unspecified atom stereocenters. The quantitative estimate of drug-likeness (QED) is 0.500. The molecule has 1 atom stereocenters. The number of rotatable bonds is 8. The maximum Gasteiger partial charge on any atom is 0.306 e. The molecule has 0 amide bonds. The molecule has 0 spiro atoms. The fourth-order valence-corrected chi connectivity index (χ4v) is 4.10. The fourth-order valence-electron chi connectivity index (χ4n) is 4.10. The molecule has 3 N–H and O–H groups in total. The van der Waals surface area contributed by atoms with Crippen LogP contribution in [0.5, 0.6) is 0 Å². The van der Waals surface area contributed by atoms with E-state index in [9.17, 15) is 14.3 Å². The molecule has 0 saturated carbocycles. The molecule has 5 nitrogen and oxygen atoms in total. The van der Waals surface area contributed by atoms with Gasteiger partial charge in [0.25, 0.3) is 0 Å². The van der Waals surface area contributed by atoms with E-state index in [1.54, 1.807) is 12.1 Å². The molecular formula is C26H35FN2O3. The molecule has 1 aromatic carbocycles. The lowest BCUT2D eigenvalue weighted by Gasteiger charge is -2.31. The third-order valence-electron chi connectivity index (χ3n) is 5.48. The van der Waals surface area contributed by atoms with Crippen molar-refractivity contribution in [3.05, 3.63) is 70.2 Å². The minimum absolute atomic E-state index is 0.240. The Kier molecular flexibility index (Phi) is 7.73. The monoisotopic (exact) mass is 442 g/mol. The van der Waals surface area contributed by atoms with Crippen molar-refractivity contribution < 1.29 is 19.0 Å². The van der Waals surface area contributed by atoms with Crippen LogP contribution in [-0.2, 0) is 16.1 Å². The Morgan fingerprint density at radius 3 is 2.22 bits per heavy atom. The van der Waals surface area contributed by atoms with Crippen LogP contribution in [0.3, 0.4) is 0 Å². The number of anilines is 1. The number of hydrogen-bond donors (Lipinski definition) is 2. The van der Waals surface area contributed by atoms with E-state index in [1.807, 2.05) is 53.0 Å². The van der Waals surface area contributed by atoms with Crippen molar-refractivity contribution in [1.29, 1.82) is 0 Å². The van der Waals surface area contributed by atoms with Gasteiger partial charge in [-0.3, -0.25) is 4.79 Å². The van der Waals surface area contributed by atoms with Crippen molar-refractivity contribution in [3.63, 3.8) is 0 Å². The summed E-state index contributed by atoms with van der Waals surface area (Å²) in [5, 5.41) is 9.66. The molecule has 174 valence electrons. The summed E-state index contributed by atoms with van der Waals surface area (Å²) < 4.78 is 22.0. The van der Waals surface area contributed by atoms with E-state index in [0.29, 0.717) is 23.5 Å². The summed E-state index contributed by atoms with van der Waals surface area (Å²) in [7, 11) is 0. The van der Waals surface area contributed by atoms with Gasteiger partial charge in [-0.1, -0.05) is 24.3 Å². The number of benzene rings is 1. The van der Waals surface area contributed by atoms with E-state index in [2.05, 4.69) is 6.58 Å². The minimum atomic E-state index is -0.983. The third kappa shape index (κ3) is 5.49. The van der Waals surface area contributed by atoms with Gasteiger partial charge < -0.3 is 20.1 Å². The Balaban J connectivity index is 3.01. The van der Waals surface area contributed by atoms with Crippen LogP contribution in [0.25, 0.3) is 5.57 Å². The number of carboxylic acid groups (broad SMARTS) is 1. The number of nitrogen functional groups attached to an aromatic ring is 1. The first kappa shape index (κ1) is 25.4. The first-order valence-electron chi connectivity index (χ1n) is 10.8. The molecule has 0 aliphatic rings. The zero-order valence-electron chi connectivity index (χ0n) is 20.2. The molecule has 0 fully saturated rings.